The fourth-order valence-corrected chi connectivity index (χ4v) is 6.05. The van der Waals surface area contributed by atoms with Crippen molar-refractivity contribution in [2.24, 2.45) is 0 Å². The largest absolute Gasteiger partial charge is 0.346 e. The van der Waals surface area contributed by atoms with Gasteiger partial charge in [0.25, 0.3) is 5.91 Å². The van der Waals surface area contributed by atoms with Crippen molar-refractivity contribution in [3.63, 3.8) is 0 Å². The smallest absolute Gasteiger partial charge is 0.251 e. The molecule has 174 valence electrons. The molecule has 0 bridgehead atoms. The van der Waals surface area contributed by atoms with Crippen molar-refractivity contribution in [1.29, 1.82) is 0 Å². The van der Waals surface area contributed by atoms with E-state index in [0.717, 1.165) is 0 Å². The first-order valence-electron chi connectivity index (χ1n) is 10.6. The maximum absolute atomic E-state index is 13.5. The van der Waals surface area contributed by atoms with E-state index in [2.05, 4.69) is 20.8 Å². The van der Waals surface area contributed by atoms with E-state index in [1.807, 2.05) is 26.8 Å². The van der Waals surface area contributed by atoms with Gasteiger partial charge in [-0.05, 0) is 65.2 Å². The van der Waals surface area contributed by atoms with Crippen LogP contribution in [0.5, 0.6) is 0 Å². The minimum absolute atomic E-state index is 0.0459. The number of amides is 1. The molecule has 33 heavy (non-hydrogen) atoms. The minimum Gasteiger partial charge on any atom is -0.346 e. The molecular weight excluding hydrogens is 445 g/mol. The van der Waals surface area contributed by atoms with E-state index >= 15 is 0 Å². The summed E-state index contributed by atoms with van der Waals surface area (Å²) in [5.41, 5.74) is 1.09. The molecule has 4 rings (SSSR count). The van der Waals surface area contributed by atoms with Gasteiger partial charge in [-0.2, -0.15) is 4.68 Å². The Labute approximate surface area is 192 Å². The Morgan fingerprint density at radius 1 is 1.12 bits per heavy atom. The van der Waals surface area contributed by atoms with Gasteiger partial charge in [-0.25, -0.2) is 12.8 Å². The second-order valence-electron chi connectivity index (χ2n) is 9.80. The number of aromatic nitrogens is 4. The first-order chi connectivity index (χ1) is 15.4. The maximum Gasteiger partial charge on any atom is 0.251 e. The van der Waals surface area contributed by atoms with Gasteiger partial charge in [0, 0.05) is 11.0 Å². The van der Waals surface area contributed by atoms with E-state index < -0.39 is 21.3 Å². The third-order valence-electron chi connectivity index (χ3n) is 5.66. The van der Waals surface area contributed by atoms with Crippen molar-refractivity contribution in [3.8, 4) is 16.8 Å². The molecule has 10 heteroatoms. The summed E-state index contributed by atoms with van der Waals surface area (Å²) in [4.78, 5) is 13.2. The van der Waals surface area contributed by atoms with Crippen LogP contribution in [-0.4, -0.2) is 51.6 Å². The highest BCUT2D eigenvalue weighted by atomic mass is 32.2. The molecule has 3 aromatic rings. The predicted octanol–water partition coefficient (Wildman–Crippen LogP) is 3.07. The van der Waals surface area contributed by atoms with Crippen LogP contribution in [0.2, 0.25) is 0 Å². The summed E-state index contributed by atoms with van der Waals surface area (Å²) in [6.45, 7) is 7.68. The Hall–Kier alpha value is -3.14. The lowest BCUT2D eigenvalue weighted by Crippen LogP contribution is -2.46. The Morgan fingerprint density at radius 2 is 1.82 bits per heavy atom. The minimum atomic E-state index is -3.18. The maximum atomic E-state index is 13.5. The number of hydrogen-bond acceptors (Lipinski definition) is 6. The molecule has 1 N–H and O–H groups in total. The van der Waals surface area contributed by atoms with Crippen LogP contribution < -0.4 is 5.32 Å². The Morgan fingerprint density at radius 3 is 2.42 bits per heavy atom. The number of sulfone groups is 1. The van der Waals surface area contributed by atoms with Crippen molar-refractivity contribution < 1.29 is 17.6 Å². The molecule has 2 heterocycles. The van der Waals surface area contributed by atoms with Gasteiger partial charge in [0.05, 0.1) is 22.7 Å². The van der Waals surface area contributed by atoms with Gasteiger partial charge in [-0.1, -0.05) is 32.9 Å². The molecule has 1 fully saturated rings. The van der Waals surface area contributed by atoms with E-state index in [1.54, 1.807) is 35.9 Å². The molecule has 0 saturated carbocycles. The fraction of sp³-hybridized carbons (Fsp3) is 0.391. The average molecular weight is 472 g/mol. The molecule has 0 radical (unpaired) electrons. The monoisotopic (exact) mass is 471 g/mol. The summed E-state index contributed by atoms with van der Waals surface area (Å²) >= 11 is 0. The van der Waals surface area contributed by atoms with Gasteiger partial charge in [-0.15, -0.1) is 5.10 Å². The number of benzene rings is 2. The van der Waals surface area contributed by atoms with Gasteiger partial charge in [0.1, 0.15) is 5.82 Å². The Kier molecular flexibility index (Phi) is 5.60. The van der Waals surface area contributed by atoms with Gasteiger partial charge >= 0.3 is 0 Å². The van der Waals surface area contributed by atoms with Gasteiger partial charge in [-0.3, -0.25) is 4.79 Å². The molecule has 0 spiro atoms. The van der Waals surface area contributed by atoms with E-state index in [1.165, 1.54) is 12.1 Å². The molecule has 1 unspecified atom stereocenters. The van der Waals surface area contributed by atoms with Crippen LogP contribution in [0.1, 0.15) is 50.3 Å². The zero-order chi connectivity index (χ0) is 24.0. The second kappa shape index (κ2) is 8.02. The second-order valence-corrected chi connectivity index (χ2v) is 12.0. The number of carbonyl (C=O) groups excluding carboxylic acids is 1. The predicted molar refractivity (Wildman–Crippen MR) is 122 cm³/mol. The third kappa shape index (κ3) is 4.95. The quantitative estimate of drug-likeness (QED) is 0.627. The highest BCUT2D eigenvalue weighted by Gasteiger charge is 2.39. The number of tetrazole rings is 1. The van der Waals surface area contributed by atoms with Crippen molar-refractivity contribution in [3.05, 3.63) is 59.7 Å². The highest BCUT2D eigenvalue weighted by Crippen LogP contribution is 2.29. The zero-order valence-corrected chi connectivity index (χ0v) is 19.8. The molecule has 1 aliphatic heterocycles. The summed E-state index contributed by atoms with van der Waals surface area (Å²) < 4.78 is 39.0. The standard InChI is InChI=1S/C23H26FN5O3S/c1-22(2,3)21-26-27-28-29(21)19-12-16(15-5-7-18(24)8-6-15)11-17(13-19)20(30)25-23(4)9-10-33(31,32)14-23/h5-8,11-13H,9-10,14H2,1-4H3,(H,25,30). The first kappa shape index (κ1) is 23.0. The summed E-state index contributed by atoms with van der Waals surface area (Å²) in [7, 11) is -3.18. The topological polar surface area (TPSA) is 107 Å². The number of hydrogen-bond donors (Lipinski definition) is 1. The lowest BCUT2D eigenvalue weighted by atomic mass is 9.95. The van der Waals surface area contributed by atoms with E-state index in [0.29, 0.717) is 34.6 Å². The summed E-state index contributed by atoms with van der Waals surface area (Å²) in [6.07, 6.45) is 0.354. The van der Waals surface area contributed by atoms with Crippen LogP contribution in [0, 0.1) is 5.82 Å². The van der Waals surface area contributed by atoms with E-state index in [-0.39, 0.29) is 22.7 Å². The molecule has 1 aromatic heterocycles. The number of carbonyl (C=O) groups is 1. The van der Waals surface area contributed by atoms with Crippen LogP contribution >= 0.6 is 0 Å². The van der Waals surface area contributed by atoms with E-state index in [4.69, 9.17) is 0 Å². The highest BCUT2D eigenvalue weighted by molar-refractivity contribution is 7.91. The van der Waals surface area contributed by atoms with Crippen LogP contribution in [0.25, 0.3) is 16.8 Å². The summed E-state index contributed by atoms with van der Waals surface area (Å²) in [5.74, 6) is -0.204. The number of nitrogens with zero attached hydrogens (tertiary/aromatic N) is 4. The van der Waals surface area contributed by atoms with Crippen LogP contribution in [0.3, 0.4) is 0 Å². The normalized spacial score (nSPS) is 20.0. The number of halogens is 1. The van der Waals surface area contributed by atoms with Crippen molar-refractivity contribution >= 4 is 15.7 Å². The summed E-state index contributed by atoms with van der Waals surface area (Å²) in [5, 5.41) is 15.0. The van der Waals surface area contributed by atoms with Crippen LogP contribution in [-0.2, 0) is 15.3 Å². The fourth-order valence-electron chi connectivity index (χ4n) is 3.96. The number of nitrogens with one attached hydrogen (secondary N) is 1. The number of rotatable bonds is 4. The third-order valence-corrected chi connectivity index (χ3v) is 7.56. The van der Waals surface area contributed by atoms with E-state index in [9.17, 15) is 17.6 Å². The Balaban J connectivity index is 1.79. The molecule has 8 nitrogen and oxygen atoms in total. The SMILES string of the molecule is CC1(NC(=O)c2cc(-c3ccc(F)cc3)cc(-n3nnnc3C(C)(C)C)c2)CCS(=O)(=O)C1. The van der Waals surface area contributed by atoms with Crippen molar-refractivity contribution in [2.45, 2.75) is 45.1 Å². The molecule has 1 aliphatic rings. The molecule has 1 amide bonds. The lowest BCUT2D eigenvalue weighted by Gasteiger charge is -2.24. The Bertz CT molecular complexity index is 1310. The molecule has 2 aromatic carbocycles. The molecular formula is C23H26FN5O3S. The van der Waals surface area contributed by atoms with Crippen molar-refractivity contribution in [2.75, 3.05) is 11.5 Å². The van der Waals surface area contributed by atoms with Crippen LogP contribution in [0.4, 0.5) is 4.39 Å². The van der Waals surface area contributed by atoms with Gasteiger partial charge < -0.3 is 5.32 Å². The van der Waals surface area contributed by atoms with Crippen molar-refractivity contribution in [1.82, 2.24) is 25.5 Å². The first-order valence-corrected chi connectivity index (χ1v) is 12.4. The average Bonchev–Trinajstić information content (AvgIpc) is 3.32. The van der Waals surface area contributed by atoms with Gasteiger partial charge in [0.2, 0.25) is 0 Å². The van der Waals surface area contributed by atoms with Crippen LogP contribution in [0.15, 0.2) is 42.5 Å². The molecule has 1 saturated heterocycles. The molecule has 0 aliphatic carbocycles. The summed E-state index contributed by atoms with van der Waals surface area (Å²) in [6, 6.07) is 11.2. The zero-order valence-electron chi connectivity index (χ0n) is 19.0. The lowest BCUT2D eigenvalue weighted by molar-refractivity contribution is 0.0915. The van der Waals surface area contributed by atoms with Gasteiger partial charge in [0.15, 0.2) is 15.7 Å². The molecule has 1 atom stereocenters.